The topological polar surface area (TPSA) is 44.1 Å². The Balaban J connectivity index is 2.03. The minimum absolute atomic E-state index is 0.0568. The van der Waals surface area contributed by atoms with Gasteiger partial charge in [0.2, 0.25) is 0 Å². The molecule has 0 unspecified atom stereocenters. The molecule has 0 atom stereocenters. The predicted molar refractivity (Wildman–Crippen MR) is 71.3 cm³/mol. The molecule has 0 aliphatic carbocycles. The number of para-hydroxylation sites is 1. The summed E-state index contributed by atoms with van der Waals surface area (Å²) in [4.78, 5) is 13.1. The van der Waals surface area contributed by atoms with Gasteiger partial charge in [-0.1, -0.05) is 12.1 Å². The number of Topliss-reactive ketones (excluding diaryl/α,β-unsaturated/α-hetero) is 1. The van der Waals surface area contributed by atoms with Crippen molar-refractivity contribution in [1.82, 2.24) is 9.78 Å². The van der Waals surface area contributed by atoms with E-state index in [1.165, 1.54) is 11.8 Å². The van der Waals surface area contributed by atoms with Crippen molar-refractivity contribution in [3.8, 4) is 5.75 Å². The molecule has 1 aromatic heterocycles. The van der Waals surface area contributed by atoms with Crippen LogP contribution in [0.5, 0.6) is 5.75 Å². The molecule has 0 aliphatic heterocycles. The van der Waals surface area contributed by atoms with Gasteiger partial charge in [-0.15, -0.1) is 11.8 Å². The highest BCUT2D eigenvalue weighted by molar-refractivity contribution is 8.00. The standard InChI is InChI=1S/C13H14N2O2S/c1-15-8-10(7-14-15)18-9-12(16)11-5-3-4-6-13(11)17-2/h3-8H,9H2,1-2H3. The lowest BCUT2D eigenvalue weighted by Gasteiger charge is -2.06. The summed E-state index contributed by atoms with van der Waals surface area (Å²) < 4.78 is 6.89. The molecular formula is C13H14N2O2S. The number of benzene rings is 1. The summed E-state index contributed by atoms with van der Waals surface area (Å²) in [5.74, 6) is 1.06. The first-order valence-electron chi connectivity index (χ1n) is 5.48. The minimum Gasteiger partial charge on any atom is -0.496 e. The Morgan fingerprint density at radius 2 is 2.22 bits per heavy atom. The SMILES string of the molecule is COc1ccccc1C(=O)CSc1cnn(C)c1. The average Bonchev–Trinajstić information content (AvgIpc) is 2.81. The number of aromatic nitrogens is 2. The van der Waals surface area contributed by atoms with E-state index in [1.807, 2.05) is 25.4 Å². The fourth-order valence-electron chi connectivity index (χ4n) is 1.57. The highest BCUT2D eigenvalue weighted by atomic mass is 32.2. The zero-order valence-electron chi connectivity index (χ0n) is 10.3. The number of thioether (sulfide) groups is 1. The maximum atomic E-state index is 12.1. The number of hydrogen-bond acceptors (Lipinski definition) is 4. The van der Waals surface area contributed by atoms with E-state index in [0.29, 0.717) is 17.1 Å². The summed E-state index contributed by atoms with van der Waals surface area (Å²) in [6, 6.07) is 7.27. The molecule has 18 heavy (non-hydrogen) atoms. The molecule has 2 aromatic rings. The van der Waals surface area contributed by atoms with Crippen molar-refractivity contribution in [2.24, 2.45) is 7.05 Å². The molecule has 2 rings (SSSR count). The second-order valence-electron chi connectivity index (χ2n) is 3.76. The van der Waals surface area contributed by atoms with Gasteiger partial charge in [0.25, 0.3) is 0 Å². The zero-order chi connectivity index (χ0) is 13.0. The zero-order valence-corrected chi connectivity index (χ0v) is 11.1. The van der Waals surface area contributed by atoms with Crippen LogP contribution in [0.15, 0.2) is 41.6 Å². The first kappa shape index (κ1) is 12.7. The number of rotatable bonds is 5. The number of carbonyl (C=O) groups excluding carboxylic acids is 1. The fourth-order valence-corrected chi connectivity index (χ4v) is 2.38. The van der Waals surface area contributed by atoms with E-state index in [2.05, 4.69) is 5.10 Å². The smallest absolute Gasteiger partial charge is 0.176 e. The van der Waals surface area contributed by atoms with Crippen LogP contribution in [0.2, 0.25) is 0 Å². The lowest BCUT2D eigenvalue weighted by Crippen LogP contribution is -2.04. The van der Waals surface area contributed by atoms with Crippen molar-refractivity contribution in [2.75, 3.05) is 12.9 Å². The molecule has 0 saturated heterocycles. The van der Waals surface area contributed by atoms with E-state index in [1.54, 1.807) is 30.1 Å². The summed E-state index contributed by atoms with van der Waals surface area (Å²) >= 11 is 1.47. The molecule has 0 spiro atoms. The number of carbonyl (C=O) groups is 1. The van der Waals surface area contributed by atoms with Crippen molar-refractivity contribution in [3.05, 3.63) is 42.2 Å². The van der Waals surface area contributed by atoms with Crippen LogP contribution in [-0.4, -0.2) is 28.4 Å². The Labute approximate surface area is 110 Å². The Morgan fingerprint density at radius 1 is 1.44 bits per heavy atom. The van der Waals surface area contributed by atoms with Gasteiger partial charge in [0.05, 0.1) is 24.6 Å². The van der Waals surface area contributed by atoms with E-state index in [-0.39, 0.29) is 5.78 Å². The van der Waals surface area contributed by atoms with E-state index < -0.39 is 0 Å². The maximum Gasteiger partial charge on any atom is 0.176 e. The number of nitrogens with zero attached hydrogens (tertiary/aromatic N) is 2. The average molecular weight is 262 g/mol. The van der Waals surface area contributed by atoms with Crippen molar-refractivity contribution >= 4 is 17.5 Å². The largest absolute Gasteiger partial charge is 0.496 e. The molecule has 0 amide bonds. The van der Waals surface area contributed by atoms with Crippen molar-refractivity contribution in [1.29, 1.82) is 0 Å². The third-order valence-corrected chi connectivity index (χ3v) is 3.41. The van der Waals surface area contributed by atoms with E-state index in [0.717, 1.165) is 4.90 Å². The fraction of sp³-hybridized carbons (Fsp3) is 0.231. The van der Waals surface area contributed by atoms with Crippen LogP contribution >= 0.6 is 11.8 Å². The molecular weight excluding hydrogens is 248 g/mol. The normalized spacial score (nSPS) is 10.3. The molecule has 4 nitrogen and oxygen atoms in total. The Kier molecular flexibility index (Phi) is 4.04. The molecule has 0 aliphatic rings. The van der Waals surface area contributed by atoms with Crippen molar-refractivity contribution in [2.45, 2.75) is 4.90 Å². The molecule has 1 aromatic carbocycles. The summed E-state index contributed by atoms with van der Waals surface area (Å²) in [6.07, 6.45) is 3.64. The minimum atomic E-state index is 0.0568. The third-order valence-electron chi connectivity index (χ3n) is 2.46. The highest BCUT2D eigenvalue weighted by Crippen LogP contribution is 2.22. The molecule has 5 heteroatoms. The van der Waals surface area contributed by atoms with Crippen LogP contribution in [0.4, 0.5) is 0 Å². The molecule has 0 fully saturated rings. The summed E-state index contributed by atoms with van der Waals surface area (Å²) in [6.45, 7) is 0. The summed E-state index contributed by atoms with van der Waals surface area (Å²) in [5.41, 5.74) is 0.622. The van der Waals surface area contributed by atoms with Crippen LogP contribution < -0.4 is 4.74 Å². The van der Waals surface area contributed by atoms with Gasteiger partial charge in [-0.2, -0.15) is 5.10 Å². The van der Waals surface area contributed by atoms with Crippen molar-refractivity contribution in [3.63, 3.8) is 0 Å². The lowest BCUT2D eigenvalue weighted by atomic mass is 10.1. The molecule has 0 N–H and O–H groups in total. The number of hydrogen-bond donors (Lipinski definition) is 0. The molecule has 1 heterocycles. The molecule has 0 bridgehead atoms. The summed E-state index contributed by atoms with van der Waals surface area (Å²) in [5, 5.41) is 4.06. The monoisotopic (exact) mass is 262 g/mol. The van der Waals surface area contributed by atoms with Gasteiger partial charge in [0, 0.05) is 18.1 Å². The number of ketones is 1. The van der Waals surface area contributed by atoms with Gasteiger partial charge in [0.15, 0.2) is 5.78 Å². The maximum absolute atomic E-state index is 12.1. The van der Waals surface area contributed by atoms with Crippen molar-refractivity contribution < 1.29 is 9.53 Å². The van der Waals surface area contributed by atoms with E-state index in [9.17, 15) is 4.79 Å². The summed E-state index contributed by atoms with van der Waals surface area (Å²) in [7, 11) is 3.42. The van der Waals surface area contributed by atoms with Gasteiger partial charge < -0.3 is 4.74 Å². The Bertz CT molecular complexity index is 551. The third kappa shape index (κ3) is 2.92. The molecule has 0 saturated carbocycles. The second-order valence-corrected chi connectivity index (χ2v) is 4.81. The van der Waals surface area contributed by atoms with Crippen LogP contribution in [0.25, 0.3) is 0 Å². The Hall–Kier alpha value is -1.75. The predicted octanol–water partition coefficient (Wildman–Crippen LogP) is 2.40. The van der Waals surface area contributed by atoms with E-state index >= 15 is 0 Å². The van der Waals surface area contributed by atoms with Gasteiger partial charge in [-0.05, 0) is 12.1 Å². The Morgan fingerprint density at radius 3 is 2.89 bits per heavy atom. The number of ether oxygens (including phenoxy) is 1. The first-order valence-corrected chi connectivity index (χ1v) is 6.47. The first-order chi connectivity index (χ1) is 8.70. The quantitative estimate of drug-likeness (QED) is 0.613. The van der Waals surface area contributed by atoms with E-state index in [4.69, 9.17) is 4.74 Å². The highest BCUT2D eigenvalue weighted by Gasteiger charge is 2.12. The van der Waals surface area contributed by atoms with Gasteiger partial charge >= 0.3 is 0 Å². The van der Waals surface area contributed by atoms with Crippen LogP contribution in [0.3, 0.4) is 0 Å². The molecule has 0 radical (unpaired) electrons. The number of aryl methyl sites for hydroxylation is 1. The van der Waals surface area contributed by atoms with Crippen LogP contribution in [0.1, 0.15) is 10.4 Å². The second kappa shape index (κ2) is 5.73. The van der Waals surface area contributed by atoms with Gasteiger partial charge in [-0.25, -0.2) is 0 Å². The molecule has 94 valence electrons. The lowest BCUT2D eigenvalue weighted by molar-refractivity contribution is 0.101. The number of methoxy groups -OCH3 is 1. The van der Waals surface area contributed by atoms with Crippen LogP contribution in [-0.2, 0) is 7.05 Å². The van der Waals surface area contributed by atoms with Gasteiger partial charge in [-0.3, -0.25) is 9.48 Å². The van der Waals surface area contributed by atoms with Gasteiger partial charge in [0.1, 0.15) is 5.75 Å². The van der Waals surface area contributed by atoms with Crippen LogP contribution in [0, 0.1) is 0 Å².